The molecule has 3 heterocycles. The number of oxazole rings is 1. The predicted molar refractivity (Wildman–Crippen MR) is 209 cm³/mol. The Morgan fingerprint density at radius 3 is 1.65 bits per heavy atom. The van der Waals surface area contributed by atoms with E-state index in [1.54, 1.807) is 0 Å². The standard InChI is InChI=1S/C46H29N5O/c1-4-13-30(14-5-1)43-48-44(31-15-6-2-7-16-31)50-45(49-43)34-24-26-42-39(29-34)47-46(52-42)35-18-12-17-32(27-35)33-23-25-41-38(28-33)37-21-10-11-22-40(37)51(41)36-19-8-3-9-20-36/h1-29H. The van der Waals surface area contributed by atoms with Gasteiger partial charge in [-0.3, -0.25) is 0 Å². The highest BCUT2D eigenvalue weighted by Crippen LogP contribution is 2.36. The lowest BCUT2D eigenvalue weighted by molar-refractivity contribution is 0.620. The van der Waals surface area contributed by atoms with Gasteiger partial charge in [-0.05, 0) is 71.8 Å². The number of aromatic nitrogens is 5. The summed E-state index contributed by atoms with van der Waals surface area (Å²) in [5.74, 6) is 2.36. The largest absolute Gasteiger partial charge is 0.436 e. The van der Waals surface area contributed by atoms with Crippen LogP contribution in [0.5, 0.6) is 0 Å². The Labute approximate surface area is 299 Å². The van der Waals surface area contributed by atoms with E-state index >= 15 is 0 Å². The molecule has 10 rings (SSSR count). The Balaban J connectivity index is 1.03. The molecule has 0 aliphatic rings. The van der Waals surface area contributed by atoms with Gasteiger partial charge in [-0.1, -0.05) is 115 Å². The third-order valence-electron chi connectivity index (χ3n) is 9.47. The number of fused-ring (bicyclic) bond motifs is 4. The quantitative estimate of drug-likeness (QED) is 0.176. The van der Waals surface area contributed by atoms with Crippen LogP contribution in [0.2, 0.25) is 0 Å². The number of rotatable bonds is 6. The minimum Gasteiger partial charge on any atom is -0.436 e. The number of para-hydroxylation sites is 2. The second-order valence-electron chi connectivity index (χ2n) is 12.7. The summed E-state index contributed by atoms with van der Waals surface area (Å²) in [4.78, 5) is 19.6. The lowest BCUT2D eigenvalue weighted by Crippen LogP contribution is -2.00. The van der Waals surface area contributed by atoms with E-state index < -0.39 is 0 Å². The first-order valence-corrected chi connectivity index (χ1v) is 17.2. The maximum absolute atomic E-state index is 6.33. The fourth-order valence-corrected chi connectivity index (χ4v) is 6.97. The number of hydrogen-bond donors (Lipinski definition) is 0. The van der Waals surface area contributed by atoms with Gasteiger partial charge in [-0.25, -0.2) is 19.9 Å². The Morgan fingerprint density at radius 1 is 0.365 bits per heavy atom. The van der Waals surface area contributed by atoms with Gasteiger partial charge in [-0.2, -0.15) is 0 Å². The van der Waals surface area contributed by atoms with Gasteiger partial charge in [0, 0.05) is 38.7 Å². The third-order valence-corrected chi connectivity index (χ3v) is 9.47. The summed E-state index contributed by atoms with van der Waals surface area (Å²) in [5.41, 5.74) is 10.7. The molecule has 3 aromatic heterocycles. The zero-order chi connectivity index (χ0) is 34.4. The topological polar surface area (TPSA) is 69.6 Å². The molecule has 0 bridgehead atoms. The van der Waals surface area contributed by atoms with Crippen molar-refractivity contribution in [2.75, 3.05) is 0 Å². The monoisotopic (exact) mass is 667 g/mol. The highest BCUT2D eigenvalue weighted by molar-refractivity contribution is 6.10. The maximum atomic E-state index is 6.33. The zero-order valence-electron chi connectivity index (χ0n) is 27.9. The van der Waals surface area contributed by atoms with Gasteiger partial charge in [0.15, 0.2) is 23.1 Å². The second-order valence-corrected chi connectivity index (χ2v) is 12.7. The van der Waals surface area contributed by atoms with Gasteiger partial charge >= 0.3 is 0 Å². The summed E-state index contributed by atoms with van der Waals surface area (Å²) < 4.78 is 8.67. The summed E-state index contributed by atoms with van der Waals surface area (Å²) in [7, 11) is 0. The number of nitrogens with zero attached hydrogens (tertiary/aromatic N) is 5. The van der Waals surface area contributed by atoms with Crippen molar-refractivity contribution in [1.29, 1.82) is 0 Å². The summed E-state index contributed by atoms with van der Waals surface area (Å²) in [5, 5.41) is 2.43. The molecule has 0 fully saturated rings. The van der Waals surface area contributed by atoms with Gasteiger partial charge < -0.3 is 8.98 Å². The van der Waals surface area contributed by atoms with Gasteiger partial charge in [0.25, 0.3) is 0 Å². The van der Waals surface area contributed by atoms with E-state index in [1.165, 1.54) is 21.8 Å². The molecule has 0 aliphatic carbocycles. The molecule has 7 aromatic carbocycles. The summed E-state index contributed by atoms with van der Waals surface area (Å²) in [6.45, 7) is 0. The van der Waals surface area contributed by atoms with E-state index in [2.05, 4.69) is 95.6 Å². The van der Waals surface area contributed by atoms with Crippen molar-refractivity contribution in [2.24, 2.45) is 0 Å². The van der Waals surface area contributed by atoms with E-state index in [4.69, 9.17) is 24.4 Å². The molecule has 0 amide bonds. The summed E-state index contributed by atoms with van der Waals surface area (Å²) in [6, 6.07) is 60.1. The van der Waals surface area contributed by atoms with Crippen LogP contribution in [0.1, 0.15) is 0 Å². The Hall–Kier alpha value is -7.18. The SMILES string of the molecule is c1ccc(-c2nc(-c3ccccc3)nc(-c3ccc4oc(-c5cccc(-c6ccc7c(c6)c6ccccc6n7-c6ccccc6)c5)nc4c3)n2)cc1. The summed E-state index contributed by atoms with van der Waals surface area (Å²) in [6.07, 6.45) is 0. The molecule has 0 aliphatic heterocycles. The molecule has 0 atom stereocenters. The van der Waals surface area contributed by atoms with Crippen LogP contribution in [0, 0.1) is 0 Å². The molecular formula is C46H29N5O. The fourth-order valence-electron chi connectivity index (χ4n) is 6.97. The molecule has 0 N–H and O–H groups in total. The average Bonchev–Trinajstić information content (AvgIpc) is 3.81. The van der Waals surface area contributed by atoms with Crippen molar-refractivity contribution in [1.82, 2.24) is 24.5 Å². The first kappa shape index (κ1) is 29.7. The number of hydrogen-bond acceptors (Lipinski definition) is 5. The molecule has 244 valence electrons. The predicted octanol–water partition coefficient (Wildman–Crippen LogP) is 11.4. The Morgan fingerprint density at radius 2 is 0.923 bits per heavy atom. The number of benzene rings is 7. The van der Waals surface area contributed by atoms with Gasteiger partial charge in [-0.15, -0.1) is 0 Å². The molecule has 0 spiro atoms. The highest BCUT2D eigenvalue weighted by atomic mass is 16.3. The maximum Gasteiger partial charge on any atom is 0.227 e. The molecule has 0 saturated carbocycles. The van der Waals surface area contributed by atoms with Crippen molar-refractivity contribution >= 4 is 32.9 Å². The zero-order valence-corrected chi connectivity index (χ0v) is 27.9. The van der Waals surface area contributed by atoms with E-state index in [9.17, 15) is 0 Å². The van der Waals surface area contributed by atoms with Crippen LogP contribution in [0.15, 0.2) is 180 Å². The Bertz CT molecular complexity index is 2840. The molecular weight excluding hydrogens is 639 g/mol. The highest BCUT2D eigenvalue weighted by Gasteiger charge is 2.17. The molecule has 6 nitrogen and oxygen atoms in total. The molecule has 0 saturated heterocycles. The summed E-state index contributed by atoms with van der Waals surface area (Å²) >= 11 is 0. The van der Waals surface area contributed by atoms with Crippen molar-refractivity contribution in [2.45, 2.75) is 0 Å². The lowest BCUT2D eigenvalue weighted by atomic mass is 10.0. The molecule has 10 aromatic rings. The van der Waals surface area contributed by atoms with Crippen LogP contribution in [0.3, 0.4) is 0 Å². The molecule has 6 heteroatoms. The van der Waals surface area contributed by atoms with E-state index in [-0.39, 0.29) is 0 Å². The van der Waals surface area contributed by atoms with E-state index in [0.29, 0.717) is 28.9 Å². The first-order valence-electron chi connectivity index (χ1n) is 17.2. The molecule has 0 radical (unpaired) electrons. The average molecular weight is 668 g/mol. The van der Waals surface area contributed by atoms with Gasteiger partial charge in [0.2, 0.25) is 5.89 Å². The van der Waals surface area contributed by atoms with Crippen LogP contribution in [-0.4, -0.2) is 24.5 Å². The fraction of sp³-hybridized carbons (Fsp3) is 0. The normalized spacial score (nSPS) is 11.5. The molecule has 52 heavy (non-hydrogen) atoms. The van der Waals surface area contributed by atoms with Gasteiger partial charge in [0.05, 0.1) is 11.0 Å². The second kappa shape index (κ2) is 12.3. The minimum atomic E-state index is 0.557. The lowest BCUT2D eigenvalue weighted by Gasteiger charge is -2.08. The van der Waals surface area contributed by atoms with E-state index in [0.717, 1.165) is 44.6 Å². The van der Waals surface area contributed by atoms with Crippen LogP contribution in [-0.2, 0) is 0 Å². The Kier molecular flexibility index (Phi) is 7.03. The smallest absolute Gasteiger partial charge is 0.227 e. The van der Waals surface area contributed by atoms with Crippen LogP contribution < -0.4 is 0 Å². The van der Waals surface area contributed by atoms with Crippen molar-refractivity contribution in [3.8, 4) is 62.4 Å². The van der Waals surface area contributed by atoms with E-state index in [1.807, 2.05) is 84.9 Å². The van der Waals surface area contributed by atoms with Crippen molar-refractivity contribution in [3.05, 3.63) is 176 Å². The van der Waals surface area contributed by atoms with Crippen LogP contribution in [0.4, 0.5) is 0 Å². The first-order chi connectivity index (χ1) is 25.7. The minimum absolute atomic E-state index is 0.557. The third kappa shape index (κ3) is 5.22. The van der Waals surface area contributed by atoms with Crippen molar-refractivity contribution in [3.63, 3.8) is 0 Å². The van der Waals surface area contributed by atoms with Crippen LogP contribution in [0.25, 0.3) is 95.3 Å². The molecule has 0 unspecified atom stereocenters. The van der Waals surface area contributed by atoms with Crippen molar-refractivity contribution < 1.29 is 4.42 Å². The van der Waals surface area contributed by atoms with Gasteiger partial charge in [0.1, 0.15) is 5.52 Å². The van der Waals surface area contributed by atoms with Crippen LogP contribution >= 0.6 is 0 Å².